The zero-order valence-corrected chi connectivity index (χ0v) is 14.5. The Kier molecular flexibility index (Phi) is 5.26. The fourth-order valence-corrected chi connectivity index (χ4v) is 2.87. The van der Waals surface area contributed by atoms with E-state index in [4.69, 9.17) is 0 Å². The van der Waals surface area contributed by atoms with E-state index >= 15 is 0 Å². The van der Waals surface area contributed by atoms with Crippen LogP contribution in [-0.4, -0.2) is 35.2 Å². The van der Waals surface area contributed by atoms with E-state index in [-0.39, 0.29) is 11.3 Å². The number of nitro groups is 1. The molecule has 0 saturated carbocycles. The number of amidine groups is 1. The molecular weight excluding hydrogens is 332 g/mol. The van der Waals surface area contributed by atoms with Crippen molar-refractivity contribution in [2.45, 2.75) is 19.3 Å². The molecule has 1 aliphatic rings. The maximum Gasteiger partial charge on any atom is 0.270 e. The minimum Gasteiger partial charge on any atom is -0.363 e. The van der Waals surface area contributed by atoms with Crippen LogP contribution in [0.2, 0.25) is 0 Å². The van der Waals surface area contributed by atoms with Gasteiger partial charge >= 0.3 is 0 Å². The quantitative estimate of drug-likeness (QED) is 0.665. The third-order valence-corrected chi connectivity index (χ3v) is 4.30. The Bertz CT molecular complexity index is 849. The summed E-state index contributed by atoms with van der Waals surface area (Å²) in [5.41, 5.74) is 1.11. The molecule has 1 amide bonds. The number of aliphatic imine (C=N–C) groups is 1. The molecule has 134 valence electrons. The average Bonchev–Trinajstić information content (AvgIpc) is 2.64. The minimum atomic E-state index is -0.511. The highest BCUT2D eigenvalue weighted by molar-refractivity contribution is 6.08. The Morgan fingerprint density at radius 2 is 1.96 bits per heavy atom. The molecule has 1 saturated heterocycles. The number of piperidine rings is 1. The Labute approximate surface area is 151 Å². The minimum absolute atomic E-state index is 0.135. The van der Waals surface area contributed by atoms with Gasteiger partial charge in [0.2, 0.25) is 0 Å². The number of para-hydroxylation sites is 1. The highest BCUT2D eigenvalue weighted by Gasteiger charge is 2.19. The van der Waals surface area contributed by atoms with E-state index in [1.54, 1.807) is 24.3 Å². The van der Waals surface area contributed by atoms with Crippen LogP contribution in [-0.2, 0) is 0 Å². The van der Waals surface area contributed by atoms with Crippen molar-refractivity contribution in [2.75, 3.05) is 18.9 Å². The van der Waals surface area contributed by atoms with E-state index in [1.165, 1.54) is 18.2 Å². The molecule has 0 bridgehead atoms. The second kappa shape index (κ2) is 7.77. The van der Waals surface area contributed by atoms with Crippen molar-refractivity contribution in [1.29, 1.82) is 0 Å². The summed E-state index contributed by atoms with van der Waals surface area (Å²) < 4.78 is 0. The first-order chi connectivity index (χ1) is 12.5. The van der Waals surface area contributed by atoms with Gasteiger partial charge in [-0.25, -0.2) is 4.99 Å². The Morgan fingerprint density at radius 3 is 2.65 bits per heavy atom. The number of carbonyl (C=O) groups excluding carboxylic acids is 1. The first-order valence-corrected chi connectivity index (χ1v) is 8.48. The molecule has 0 aromatic heterocycles. The van der Waals surface area contributed by atoms with E-state index in [0.29, 0.717) is 11.4 Å². The summed E-state index contributed by atoms with van der Waals surface area (Å²) in [5.74, 6) is 0.469. The van der Waals surface area contributed by atoms with Gasteiger partial charge in [-0.2, -0.15) is 0 Å². The lowest BCUT2D eigenvalue weighted by Gasteiger charge is -2.26. The van der Waals surface area contributed by atoms with Gasteiger partial charge in [0.15, 0.2) is 0 Å². The van der Waals surface area contributed by atoms with Crippen molar-refractivity contribution < 1.29 is 9.72 Å². The lowest BCUT2D eigenvalue weighted by atomic mass is 10.1. The Hall–Kier alpha value is -3.22. The number of hydrogen-bond donors (Lipinski definition) is 1. The van der Waals surface area contributed by atoms with Crippen molar-refractivity contribution in [3.8, 4) is 0 Å². The average molecular weight is 352 g/mol. The van der Waals surface area contributed by atoms with Gasteiger partial charge < -0.3 is 10.2 Å². The molecule has 7 nitrogen and oxygen atoms in total. The van der Waals surface area contributed by atoms with Crippen molar-refractivity contribution in [3.63, 3.8) is 0 Å². The van der Waals surface area contributed by atoms with Gasteiger partial charge in [-0.15, -0.1) is 0 Å². The van der Waals surface area contributed by atoms with Crippen LogP contribution >= 0.6 is 0 Å². The summed E-state index contributed by atoms with van der Waals surface area (Å²) >= 11 is 0. The molecule has 0 radical (unpaired) electrons. The fourth-order valence-electron chi connectivity index (χ4n) is 2.87. The van der Waals surface area contributed by atoms with Gasteiger partial charge in [-0.1, -0.05) is 18.2 Å². The summed E-state index contributed by atoms with van der Waals surface area (Å²) in [7, 11) is 1.97. The van der Waals surface area contributed by atoms with E-state index in [2.05, 4.69) is 15.2 Å². The molecule has 0 spiro atoms. The van der Waals surface area contributed by atoms with Gasteiger partial charge in [0.25, 0.3) is 11.6 Å². The van der Waals surface area contributed by atoms with Gasteiger partial charge in [0.1, 0.15) is 5.84 Å². The zero-order chi connectivity index (χ0) is 18.5. The number of rotatable bonds is 4. The lowest BCUT2D eigenvalue weighted by Crippen LogP contribution is -2.31. The summed E-state index contributed by atoms with van der Waals surface area (Å²) in [6, 6.07) is 13.2. The summed E-state index contributed by atoms with van der Waals surface area (Å²) in [5, 5.41) is 13.9. The number of benzene rings is 2. The number of anilines is 1. The van der Waals surface area contributed by atoms with Crippen LogP contribution in [0.3, 0.4) is 0 Å². The van der Waals surface area contributed by atoms with Crippen LogP contribution in [0.4, 0.5) is 17.1 Å². The summed E-state index contributed by atoms with van der Waals surface area (Å²) in [6.07, 6.45) is 2.98. The lowest BCUT2D eigenvalue weighted by molar-refractivity contribution is -0.384. The van der Waals surface area contributed by atoms with Gasteiger partial charge in [0.05, 0.1) is 16.2 Å². The van der Waals surface area contributed by atoms with E-state index in [0.717, 1.165) is 31.6 Å². The van der Waals surface area contributed by atoms with Gasteiger partial charge in [0, 0.05) is 37.8 Å². The van der Waals surface area contributed by atoms with Gasteiger partial charge in [-0.05, 0) is 31.0 Å². The molecule has 0 unspecified atom stereocenters. The maximum atomic E-state index is 12.7. The van der Waals surface area contributed by atoms with Crippen molar-refractivity contribution in [1.82, 2.24) is 4.90 Å². The number of amides is 1. The van der Waals surface area contributed by atoms with Crippen LogP contribution in [0.15, 0.2) is 53.5 Å². The van der Waals surface area contributed by atoms with Crippen LogP contribution in [0.5, 0.6) is 0 Å². The number of nitrogens with one attached hydrogen (secondary N) is 1. The second-order valence-electron chi connectivity index (χ2n) is 6.19. The number of likely N-dealkylation sites (tertiary alicyclic amines) is 1. The third-order valence-electron chi connectivity index (χ3n) is 4.30. The number of carbonyl (C=O) groups is 1. The molecule has 1 aliphatic heterocycles. The van der Waals surface area contributed by atoms with Crippen molar-refractivity contribution in [3.05, 3.63) is 64.2 Å². The standard InChI is InChI=1S/C19H20N4O3/c1-22-12-6-5-9-18(22)21-17-11-10-15(23(25)26)13-16(17)19(24)20-14-7-3-2-4-8-14/h2-4,7-8,10-11,13H,5-6,9,12H2,1H3,(H,20,24). The van der Waals surface area contributed by atoms with Crippen LogP contribution in [0.1, 0.15) is 29.6 Å². The van der Waals surface area contributed by atoms with Crippen LogP contribution in [0, 0.1) is 10.1 Å². The predicted octanol–water partition coefficient (Wildman–Crippen LogP) is 3.99. The molecule has 7 heteroatoms. The topological polar surface area (TPSA) is 87.8 Å². The molecule has 3 rings (SSSR count). The smallest absolute Gasteiger partial charge is 0.270 e. The first kappa shape index (κ1) is 17.6. The molecule has 0 atom stereocenters. The van der Waals surface area contributed by atoms with Crippen LogP contribution in [0.25, 0.3) is 0 Å². The van der Waals surface area contributed by atoms with E-state index < -0.39 is 10.8 Å². The predicted molar refractivity (Wildman–Crippen MR) is 101 cm³/mol. The van der Waals surface area contributed by atoms with Gasteiger partial charge in [-0.3, -0.25) is 14.9 Å². The highest BCUT2D eigenvalue weighted by Crippen LogP contribution is 2.27. The first-order valence-electron chi connectivity index (χ1n) is 8.48. The number of nitrogens with zero attached hydrogens (tertiary/aromatic N) is 3. The molecule has 2 aromatic rings. The number of nitro benzene ring substituents is 1. The van der Waals surface area contributed by atoms with E-state index in [1.807, 2.05) is 13.1 Å². The summed E-state index contributed by atoms with van der Waals surface area (Å²) in [4.78, 5) is 30.0. The molecule has 1 fully saturated rings. The summed E-state index contributed by atoms with van der Waals surface area (Å²) in [6.45, 7) is 0.914. The molecule has 26 heavy (non-hydrogen) atoms. The molecular formula is C19H20N4O3. The van der Waals surface area contributed by atoms with Crippen LogP contribution < -0.4 is 5.32 Å². The molecule has 1 N–H and O–H groups in total. The zero-order valence-electron chi connectivity index (χ0n) is 14.5. The van der Waals surface area contributed by atoms with Crippen molar-refractivity contribution >= 4 is 28.8 Å². The second-order valence-corrected chi connectivity index (χ2v) is 6.19. The monoisotopic (exact) mass is 352 g/mol. The van der Waals surface area contributed by atoms with Crippen molar-refractivity contribution in [2.24, 2.45) is 4.99 Å². The number of non-ortho nitro benzene ring substituents is 1. The fraction of sp³-hybridized carbons (Fsp3) is 0.263. The largest absolute Gasteiger partial charge is 0.363 e. The Balaban J connectivity index is 1.97. The normalized spacial score (nSPS) is 15.7. The molecule has 0 aliphatic carbocycles. The maximum absolute atomic E-state index is 12.7. The molecule has 1 heterocycles. The SMILES string of the molecule is CN1CCCCC1=Nc1ccc([N+](=O)[O-])cc1C(=O)Nc1ccccc1. The number of hydrogen-bond acceptors (Lipinski definition) is 4. The Morgan fingerprint density at radius 1 is 1.19 bits per heavy atom. The third kappa shape index (κ3) is 4.05. The highest BCUT2D eigenvalue weighted by atomic mass is 16.6. The molecule has 2 aromatic carbocycles. The van der Waals surface area contributed by atoms with E-state index in [9.17, 15) is 14.9 Å².